The predicted octanol–water partition coefficient (Wildman–Crippen LogP) is 1.33. The fraction of sp³-hybridized carbons (Fsp3) is 0.643. The van der Waals surface area contributed by atoms with E-state index in [1.165, 1.54) is 12.8 Å². The molecule has 2 aliphatic rings. The van der Waals surface area contributed by atoms with E-state index in [1.807, 2.05) is 13.0 Å². The van der Waals surface area contributed by atoms with Gasteiger partial charge in [-0.3, -0.25) is 0 Å². The largest absolute Gasteiger partial charge is 0.450 e. The molecule has 1 aromatic heterocycles. The topological polar surface area (TPSA) is 70.6 Å². The van der Waals surface area contributed by atoms with Gasteiger partial charge in [0, 0.05) is 38.3 Å². The second kappa shape index (κ2) is 6.15. The Morgan fingerprint density at radius 1 is 1.33 bits per heavy atom. The Bertz CT molecular complexity index is 498. The Balaban J connectivity index is 1.57. The fourth-order valence-corrected chi connectivity index (χ4v) is 2.37. The average molecular weight is 291 g/mol. The van der Waals surface area contributed by atoms with Crippen molar-refractivity contribution in [3.05, 3.63) is 12.4 Å². The van der Waals surface area contributed by atoms with Crippen LogP contribution in [0.5, 0.6) is 0 Å². The molecule has 1 aromatic rings. The van der Waals surface area contributed by atoms with Gasteiger partial charge >= 0.3 is 6.09 Å². The van der Waals surface area contributed by atoms with Crippen LogP contribution in [-0.4, -0.2) is 59.8 Å². The summed E-state index contributed by atoms with van der Waals surface area (Å²) < 4.78 is 5.02. The Morgan fingerprint density at radius 2 is 2.10 bits per heavy atom. The molecule has 21 heavy (non-hydrogen) atoms. The van der Waals surface area contributed by atoms with Gasteiger partial charge in [-0.05, 0) is 19.8 Å². The Morgan fingerprint density at radius 3 is 2.76 bits per heavy atom. The van der Waals surface area contributed by atoms with Crippen LogP contribution in [-0.2, 0) is 4.74 Å². The second-order valence-corrected chi connectivity index (χ2v) is 5.35. The summed E-state index contributed by atoms with van der Waals surface area (Å²) in [5.74, 6) is 1.80. The van der Waals surface area contributed by atoms with Crippen LogP contribution in [0.25, 0.3) is 0 Å². The number of aromatic nitrogens is 2. The minimum absolute atomic E-state index is 0.226. The zero-order valence-corrected chi connectivity index (χ0v) is 12.3. The number of hydrogen-bond donors (Lipinski definition) is 1. The highest BCUT2D eigenvalue weighted by molar-refractivity contribution is 5.68. The Hall–Kier alpha value is -2.05. The first-order valence-electron chi connectivity index (χ1n) is 7.51. The highest BCUT2D eigenvalue weighted by Crippen LogP contribution is 2.25. The number of ether oxygens (including phenoxy) is 1. The van der Waals surface area contributed by atoms with Crippen molar-refractivity contribution in [3.63, 3.8) is 0 Å². The number of nitrogens with one attached hydrogen (secondary N) is 1. The maximum atomic E-state index is 11.7. The molecule has 2 fully saturated rings. The van der Waals surface area contributed by atoms with Gasteiger partial charge in [0.1, 0.15) is 18.0 Å². The van der Waals surface area contributed by atoms with Crippen LogP contribution in [0.4, 0.5) is 16.4 Å². The monoisotopic (exact) mass is 291 g/mol. The second-order valence-electron chi connectivity index (χ2n) is 5.35. The first-order valence-corrected chi connectivity index (χ1v) is 7.51. The predicted molar refractivity (Wildman–Crippen MR) is 79.5 cm³/mol. The summed E-state index contributed by atoms with van der Waals surface area (Å²) >= 11 is 0. The standard InChI is InChI=1S/C14H21N5O2/c1-2-21-14(20)19-7-5-18(6-8-19)13-9-12(15-10-16-13)17-11-3-4-11/h9-11H,2-8H2,1H3,(H,15,16,17). The van der Waals surface area contributed by atoms with E-state index in [0.717, 1.165) is 24.7 Å². The number of carbonyl (C=O) groups is 1. The van der Waals surface area contributed by atoms with E-state index < -0.39 is 0 Å². The summed E-state index contributed by atoms with van der Waals surface area (Å²) in [5.41, 5.74) is 0. The van der Waals surface area contributed by atoms with Gasteiger partial charge < -0.3 is 19.9 Å². The van der Waals surface area contributed by atoms with Crippen molar-refractivity contribution < 1.29 is 9.53 Å². The third kappa shape index (κ3) is 3.53. The number of hydrogen-bond acceptors (Lipinski definition) is 6. The summed E-state index contributed by atoms with van der Waals surface area (Å²) in [6, 6.07) is 2.56. The van der Waals surface area contributed by atoms with E-state index in [4.69, 9.17) is 4.74 Å². The van der Waals surface area contributed by atoms with Crippen LogP contribution in [0.3, 0.4) is 0 Å². The minimum Gasteiger partial charge on any atom is -0.450 e. The lowest BCUT2D eigenvalue weighted by Crippen LogP contribution is -2.49. The van der Waals surface area contributed by atoms with Crippen molar-refractivity contribution in [1.29, 1.82) is 0 Å². The van der Waals surface area contributed by atoms with Crippen LogP contribution in [0.15, 0.2) is 12.4 Å². The van der Waals surface area contributed by atoms with Gasteiger partial charge in [0.25, 0.3) is 0 Å². The van der Waals surface area contributed by atoms with Gasteiger partial charge in [-0.1, -0.05) is 0 Å². The molecule has 7 heteroatoms. The molecule has 0 aromatic carbocycles. The zero-order chi connectivity index (χ0) is 14.7. The smallest absolute Gasteiger partial charge is 0.409 e. The quantitative estimate of drug-likeness (QED) is 0.902. The molecule has 3 rings (SSSR count). The van der Waals surface area contributed by atoms with E-state index in [0.29, 0.717) is 25.7 Å². The number of anilines is 2. The zero-order valence-electron chi connectivity index (χ0n) is 12.3. The lowest BCUT2D eigenvalue weighted by molar-refractivity contribution is 0.105. The number of amides is 1. The molecule has 1 saturated heterocycles. The number of carbonyl (C=O) groups excluding carboxylic acids is 1. The third-order valence-corrected chi connectivity index (χ3v) is 3.71. The molecule has 114 valence electrons. The molecule has 1 aliphatic heterocycles. The van der Waals surface area contributed by atoms with Crippen molar-refractivity contribution in [2.24, 2.45) is 0 Å². The summed E-state index contributed by atoms with van der Waals surface area (Å²) in [7, 11) is 0. The molecule has 2 heterocycles. The van der Waals surface area contributed by atoms with Crippen molar-refractivity contribution >= 4 is 17.7 Å². The average Bonchev–Trinajstić information content (AvgIpc) is 3.32. The van der Waals surface area contributed by atoms with Crippen molar-refractivity contribution in [1.82, 2.24) is 14.9 Å². The van der Waals surface area contributed by atoms with Crippen LogP contribution in [0, 0.1) is 0 Å². The van der Waals surface area contributed by atoms with Gasteiger partial charge in [-0.25, -0.2) is 14.8 Å². The molecule has 0 spiro atoms. The summed E-state index contributed by atoms with van der Waals surface area (Å²) in [4.78, 5) is 24.2. The van der Waals surface area contributed by atoms with Crippen molar-refractivity contribution in [2.75, 3.05) is 43.0 Å². The Kier molecular flexibility index (Phi) is 4.08. The van der Waals surface area contributed by atoms with Crippen molar-refractivity contribution in [2.45, 2.75) is 25.8 Å². The van der Waals surface area contributed by atoms with Crippen LogP contribution in [0.2, 0.25) is 0 Å². The molecule has 7 nitrogen and oxygen atoms in total. The lowest BCUT2D eigenvalue weighted by Gasteiger charge is -2.34. The normalized spacial score (nSPS) is 18.5. The molecule has 0 bridgehead atoms. The van der Waals surface area contributed by atoms with Crippen molar-refractivity contribution in [3.8, 4) is 0 Å². The Labute approximate surface area is 124 Å². The minimum atomic E-state index is -0.226. The number of piperazine rings is 1. The van der Waals surface area contributed by atoms with Crippen LogP contribution >= 0.6 is 0 Å². The maximum absolute atomic E-state index is 11.7. The van der Waals surface area contributed by atoms with Gasteiger partial charge in [-0.15, -0.1) is 0 Å². The summed E-state index contributed by atoms with van der Waals surface area (Å²) in [5, 5.41) is 3.38. The highest BCUT2D eigenvalue weighted by atomic mass is 16.6. The molecule has 1 amide bonds. The molecular formula is C14H21N5O2. The molecule has 0 atom stereocenters. The molecule has 1 aliphatic carbocycles. The molecule has 1 saturated carbocycles. The SMILES string of the molecule is CCOC(=O)N1CCN(c2cc(NC3CC3)ncn2)CC1. The van der Waals surface area contributed by atoms with Crippen LogP contribution in [0.1, 0.15) is 19.8 Å². The fourth-order valence-electron chi connectivity index (χ4n) is 2.37. The first kappa shape index (κ1) is 13.9. The third-order valence-electron chi connectivity index (χ3n) is 3.71. The van der Waals surface area contributed by atoms with E-state index in [1.54, 1.807) is 11.2 Å². The molecule has 0 radical (unpaired) electrons. The molecule has 1 N–H and O–H groups in total. The van der Waals surface area contributed by atoms with Gasteiger partial charge in [0.05, 0.1) is 6.61 Å². The highest BCUT2D eigenvalue weighted by Gasteiger charge is 2.24. The number of nitrogens with zero attached hydrogens (tertiary/aromatic N) is 4. The van der Waals surface area contributed by atoms with Crippen LogP contribution < -0.4 is 10.2 Å². The molecule has 0 unspecified atom stereocenters. The van der Waals surface area contributed by atoms with Gasteiger partial charge in [0.15, 0.2) is 0 Å². The van der Waals surface area contributed by atoms with E-state index in [9.17, 15) is 4.79 Å². The maximum Gasteiger partial charge on any atom is 0.409 e. The van der Waals surface area contributed by atoms with E-state index in [2.05, 4.69) is 20.2 Å². The van der Waals surface area contributed by atoms with Gasteiger partial charge in [-0.2, -0.15) is 0 Å². The van der Waals surface area contributed by atoms with E-state index in [-0.39, 0.29) is 6.09 Å². The first-order chi connectivity index (χ1) is 10.3. The summed E-state index contributed by atoms with van der Waals surface area (Å²) in [6.45, 7) is 5.09. The summed E-state index contributed by atoms with van der Waals surface area (Å²) in [6.07, 6.45) is 3.81. The lowest BCUT2D eigenvalue weighted by atomic mass is 10.3. The molecular weight excluding hydrogens is 270 g/mol. The van der Waals surface area contributed by atoms with E-state index >= 15 is 0 Å². The van der Waals surface area contributed by atoms with Gasteiger partial charge in [0.2, 0.25) is 0 Å². The number of rotatable bonds is 4.